The number of para-hydroxylation sites is 1. The number of halogens is 2. The molecule has 2 heterocycles. The van der Waals surface area contributed by atoms with E-state index in [1.165, 1.54) is 0 Å². The van der Waals surface area contributed by atoms with Gasteiger partial charge in [0.15, 0.2) is 0 Å². The Morgan fingerprint density at radius 1 is 0.973 bits per heavy atom. The minimum absolute atomic E-state index is 0.157. The van der Waals surface area contributed by atoms with E-state index in [4.69, 9.17) is 43.0 Å². The molecule has 0 radical (unpaired) electrons. The number of benzene rings is 2. The number of rotatable bonds is 7. The van der Waals surface area contributed by atoms with Crippen LogP contribution in [-0.2, 0) is 9.59 Å². The Balaban J connectivity index is 0.000000568. The number of aromatic nitrogens is 1. The third-order valence-electron chi connectivity index (χ3n) is 5.83. The van der Waals surface area contributed by atoms with Gasteiger partial charge in [-0.3, -0.25) is 9.69 Å². The molecule has 5 N–H and O–H groups in total. The van der Waals surface area contributed by atoms with Crippen LogP contribution in [0.3, 0.4) is 0 Å². The molecule has 37 heavy (non-hydrogen) atoms. The van der Waals surface area contributed by atoms with Crippen LogP contribution in [-0.4, -0.2) is 88.4 Å². The lowest BCUT2D eigenvalue weighted by Crippen LogP contribution is -2.49. The minimum Gasteiger partial charge on any atom is -0.473 e. The van der Waals surface area contributed by atoms with Crippen molar-refractivity contribution >= 4 is 57.6 Å². The van der Waals surface area contributed by atoms with Crippen molar-refractivity contribution in [2.75, 3.05) is 44.2 Å². The number of amides is 1. The number of β-amino-alcohol motifs (C(OH)–C–C–N with tert-alkyl or cyclic N) is 1. The first kappa shape index (κ1) is 28.3. The van der Waals surface area contributed by atoms with Crippen LogP contribution in [0.5, 0.6) is 0 Å². The second-order valence-corrected chi connectivity index (χ2v) is 9.22. The molecule has 1 aromatic heterocycles. The summed E-state index contributed by atoms with van der Waals surface area (Å²) >= 11 is 12.5. The molecule has 4 rings (SSSR count). The van der Waals surface area contributed by atoms with Crippen LogP contribution in [0.4, 0.5) is 5.69 Å². The number of fused-ring (bicyclic) bond motifs is 1. The molecule has 1 atom stereocenters. The monoisotopic (exact) mass is 550 g/mol. The number of aromatic amines is 1. The Morgan fingerprint density at radius 2 is 1.65 bits per heavy atom. The van der Waals surface area contributed by atoms with Crippen molar-refractivity contribution < 1.29 is 29.7 Å². The molecule has 0 bridgehead atoms. The number of carboxylic acids is 2. The summed E-state index contributed by atoms with van der Waals surface area (Å²) in [7, 11) is 0. The first-order chi connectivity index (χ1) is 17.7. The summed E-state index contributed by atoms with van der Waals surface area (Å²) in [4.78, 5) is 38.1. The van der Waals surface area contributed by atoms with E-state index >= 15 is 0 Å². The molecule has 3 aromatic rings. The first-order valence-electron chi connectivity index (χ1n) is 11.6. The summed E-state index contributed by atoms with van der Waals surface area (Å²) < 4.78 is 0. The van der Waals surface area contributed by atoms with Gasteiger partial charge in [0.05, 0.1) is 21.8 Å². The molecule has 10 nitrogen and oxygen atoms in total. The summed E-state index contributed by atoms with van der Waals surface area (Å²) in [6.45, 7) is 4.32. The molecule has 198 valence electrons. The van der Waals surface area contributed by atoms with Crippen LogP contribution >= 0.6 is 23.2 Å². The minimum atomic E-state index is -1.82. The maximum absolute atomic E-state index is 12.3. The molecule has 0 saturated carbocycles. The molecule has 2 aromatic carbocycles. The lowest BCUT2D eigenvalue weighted by Gasteiger charge is -2.37. The quantitative estimate of drug-likeness (QED) is 0.282. The van der Waals surface area contributed by atoms with Crippen molar-refractivity contribution in [1.82, 2.24) is 15.2 Å². The molecular formula is C25H28Cl2N4O6. The highest BCUT2D eigenvalue weighted by molar-refractivity contribution is 6.43. The van der Waals surface area contributed by atoms with E-state index in [0.717, 1.165) is 42.8 Å². The number of aliphatic hydroxyl groups is 1. The van der Waals surface area contributed by atoms with Gasteiger partial charge in [0.2, 0.25) is 0 Å². The van der Waals surface area contributed by atoms with Crippen molar-refractivity contribution in [3.05, 3.63) is 64.3 Å². The van der Waals surface area contributed by atoms with Crippen molar-refractivity contribution in [2.24, 2.45) is 0 Å². The Labute approximate surface area is 223 Å². The summed E-state index contributed by atoms with van der Waals surface area (Å²) in [5.41, 5.74) is 2.42. The first-order valence-corrected chi connectivity index (χ1v) is 12.3. The number of anilines is 1. The molecule has 1 amide bonds. The van der Waals surface area contributed by atoms with E-state index in [1.54, 1.807) is 6.07 Å². The summed E-state index contributed by atoms with van der Waals surface area (Å²) in [6.07, 6.45) is 0.0103. The maximum atomic E-state index is 12.3. The van der Waals surface area contributed by atoms with Crippen LogP contribution < -0.4 is 10.2 Å². The fourth-order valence-electron chi connectivity index (χ4n) is 3.94. The number of carbonyl (C=O) groups is 3. The number of aliphatic carboxylic acids is 2. The number of H-pyrrole nitrogens is 1. The van der Waals surface area contributed by atoms with E-state index in [9.17, 15) is 9.90 Å². The number of nitrogens with one attached hydrogen (secondary N) is 2. The van der Waals surface area contributed by atoms with Gasteiger partial charge in [0, 0.05) is 50.2 Å². The van der Waals surface area contributed by atoms with Gasteiger partial charge in [-0.05, 0) is 30.7 Å². The zero-order valence-corrected chi connectivity index (χ0v) is 21.4. The van der Waals surface area contributed by atoms with Crippen molar-refractivity contribution in [1.29, 1.82) is 0 Å². The van der Waals surface area contributed by atoms with Crippen LogP contribution in [0.25, 0.3) is 10.9 Å². The Bertz CT molecular complexity index is 1200. The fraction of sp³-hybridized carbons (Fsp3) is 0.320. The summed E-state index contributed by atoms with van der Waals surface area (Å²) in [5, 5.41) is 30.2. The zero-order valence-electron chi connectivity index (χ0n) is 19.9. The Kier molecular flexibility index (Phi) is 10.2. The average molecular weight is 551 g/mol. The third kappa shape index (κ3) is 8.09. The van der Waals surface area contributed by atoms with Gasteiger partial charge in [0.1, 0.15) is 5.69 Å². The third-order valence-corrected chi connectivity index (χ3v) is 6.64. The van der Waals surface area contributed by atoms with Crippen molar-refractivity contribution in [2.45, 2.75) is 12.5 Å². The second kappa shape index (κ2) is 13.3. The number of carboxylic acid groups (broad SMARTS) is 2. The molecular weight excluding hydrogens is 523 g/mol. The van der Waals surface area contributed by atoms with Gasteiger partial charge < -0.3 is 30.5 Å². The number of aliphatic hydroxyl groups excluding tert-OH is 1. The van der Waals surface area contributed by atoms with Crippen LogP contribution in [0.1, 0.15) is 16.9 Å². The second-order valence-electron chi connectivity index (χ2n) is 8.44. The van der Waals surface area contributed by atoms with Gasteiger partial charge in [-0.1, -0.05) is 47.5 Å². The van der Waals surface area contributed by atoms with E-state index < -0.39 is 18.0 Å². The Hall–Kier alpha value is -3.31. The highest BCUT2D eigenvalue weighted by atomic mass is 35.5. The van der Waals surface area contributed by atoms with Crippen molar-refractivity contribution in [3.8, 4) is 0 Å². The van der Waals surface area contributed by atoms with Crippen LogP contribution in [0.15, 0.2) is 48.5 Å². The van der Waals surface area contributed by atoms with E-state index in [-0.39, 0.29) is 5.91 Å². The normalized spacial score (nSPS) is 14.5. The standard InChI is InChI=1S/C23H26Cl2N4O2.C2H2O4/c24-18-5-3-7-21(22(18)25)29-12-10-28(11-13-29)15-17(30)8-9-26-23(31)20-14-16-4-1-2-6-19(16)27-20;3-1(4)2(5)6/h1-7,14,17,27,30H,8-13,15H2,(H,26,31);(H,3,4)(H,5,6). The molecule has 1 fully saturated rings. The topological polar surface area (TPSA) is 146 Å². The van der Waals surface area contributed by atoms with E-state index in [2.05, 4.69) is 20.1 Å². The predicted molar refractivity (Wildman–Crippen MR) is 142 cm³/mol. The molecule has 12 heteroatoms. The molecule has 1 unspecified atom stereocenters. The lowest BCUT2D eigenvalue weighted by atomic mass is 10.2. The molecule has 1 saturated heterocycles. The molecule has 1 aliphatic rings. The Morgan fingerprint density at radius 3 is 2.30 bits per heavy atom. The molecule has 0 spiro atoms. The van der Waals surface area contributed by atoms with Crippen LogP contribution in [0.2, 0.25) is 10.0 Å². The van der Waals surface area contributed by atoms with Crippen LogP contribution in [0, 0.1) is 0 Å². The van der Waals surface area contributed by atoms with Crippen molar-refractivity contribution in [3.63, 3.8) is 0 Å². The van der Waals surface area contributed by atoms with Gasteiger partial charge in [-0.25, -0.2) is 9.59 Å². The largest absolute Gasteiger partial charge is 0.473 e. The summed E-state index contributed by atoms with van der Waals surface area (Å²) in [6, 6.07) is 15.3. The number of nitrogens with zero attached hydrogens (tertiary/aromatic N) is 2. The molecule has 0 aliphatic carbocycles. The smallest absolute Gasteiger partial charge is 0.414 e. The van der Waals surface area contributed by atoms with Gasteiger partial charge in [-0.2, -0.15) is 0 Å². The number of carbonyl (C=O) groups excluding carboxylic acids is 1. The zero-order chi connectivity index (χ0) is 26.9. The van der Waals surface area contributed by atoms with E-state index in [0.29, 0.717) is 35.2 Å². The lowest BCUT2D eigenvalue weighted by molar-refractivity contribution is -0.159. The predicted octanol–water partition coefficient (Wildman–Crippen LogP) is 2.93. The number of piperazine rings is 1. The number of hydrogen-bond donors (Lipinski definition) is 5. The number of hydrogen-bond acceptors (Lipinski definition) is 6. The summed E-state index contributed by atoms with van der Waals surface area (Å²) in [5.74, 6) is -3.81. The molecule has 1 aliphatic heterocycles. The SMILES string of the molecule is O=C(NCCC(O)CN1CCN(c2cccc(Cl)c2Cl)CC1)c1cc2ccccc2[nH]1.O=C(O)C(=O)O. The van der Waals surface area contributed by atoms with Gasteiger partial charge in [0.25, 0.3) is 5.91 Å². The van der Waals surface area contributed by atoms with E-state index in [1.807, 2.05) is 42.5 Å². The highest BCUT2D eigenvalue weighted by Crippen LogP contribution is 2.32. The fourth-order valence-corrected chi connectivity index (χ4v) is 4.36. The maximum Gasteiger partial charge on any atom is 0.414 e. The average Bonchev–Trinajstić information content (AvgIpc) is 3.31. The van der Waals surface area contributed by atoms with Gasteiger partial charge >= 0.3 is 11.9 Å². The highest BCUT2D eigenvalue weighted by Gasteiger charge is 2.21. The van der Waals surface area contributed by atoms with Gasteiger partial charge in [-0.15, -0.1) is 0 Å².